The van der Waals surface area contributed by atoms with E-state index in [2.05, 4.69) is 4.98 Å². The smallest absolute Gasteiger partial charge is 0.323 e. The Morgan fingerprint density at radius 2 is 2.20 bits per heavy atom. The van der Waals surface area contributed by atoms with E-state index in [1.165, 1.54) is 12.8 Å². The first-order chi connectivity index (χ1) is 9.63. The van der Waals surface area contributed by atoms with Gasteiger partial charge in [-0.3, -0.25) is 9.78 Å². The summed E-state index contributed by atoms with van der Waals surface area (Å²) in [7, 11) is 0. The third-order valence-corrected chi connectivity index (χ3v) is 3.76. The van der Waals surface area contributed by atoms with Crippen LogP contribution in [0, 0.1) is 5.92 Å². The molecule has 0 spiro atoms. The molecule has 1 heterocycles. The summed E-state index contributed by atoms with van der Waals surface area (Å²) in [4.78, 5) is 17.3. The van der Waals surface area contributed by atoms with Crippen LogP contribution in [0.5, 0.6) is 0 Å². The number of halogens is 1. The number of pyridine rings is 1. The van der Waals surface area contributed by atoms with Gasteiger partial charge in [-0.15, -0.1) is 0 Å². The Bertz CT molecular complexity index is 655. The standard InChI is InChI=1S/C15H15ClN2O2/c16-11-3-4-12-13(7-11)17-6-5-14(12)18(9-15(19)20)8-10-1-2-10/h3-7,10H,1-2,8-9H2,(H,19,20). The lowest BCUT2D eigenvalue weighted by atomic mass is 10.1. The molecule has 0 saturated heterocycles. The first kappa shape index (κ1) is 13.2. The molecule has 1 fully saturated rings. The molecule has 1 aromatic heterocycles. The molecule has 0 atom stereocenters. The van der Waals surface area contributed by atoms with Gasteiger partial charge in [-0.2, -0.15) is 0 Å². The average molecular weight is 291 g/mol. The van der Waals surface area contributed by atoms with Crippen LogP contribution >= 0.6 is 11.6 Å². The molecule has 2 aromatic rings. The van der Waals surface area contributed by atoms with E-state index in [9.17, 15) is 4.79 Å². The van der Waals surface area contributed by atoms with Gasteiger partial charge in [0.05, 0.1) is 5.52 Å². The highest BCUT2D eigenvalue weighted by molar-refractivity contribution is 6.31. The summed E-state index contributed by atoms with van der Waals surface area (Å²) in [6, 6.07) is 7.39. The Labute approximate surface area is 122 Å². The van der Waals surface area contributed by atoms with Crippen LogP contribution in [0.2, 0.25) is 5.02 Å². The van der Waals surface area contributed by atoms with Crippen LogP contribution in [0.15, 0.2) is 30.5 Å². The van der Waals surface area contributed by atoms with E-state index < -0.39 is 5.97 Å². The monoisotopic (exact) mass is 290 g/mol. The van der Waals surface area contributed by atoms with Crippen molar-refractivity contribution in [3.63, 3.8) is 0 Å². The zero-order chi connectivity index (χ0) is 14.1. The highest BCUT2D eigenvalue weighted by Crippen LogP contribution is 2.33. The van der Waals surface area contributed by atoms with Gasteiger partial charge >= 0.3 is 5.97 Å². The summed E-state index contributed by atoms with van der Waals surface area (Å²) in [5, 5.41) is 10.7. The Hall–Kier alpha value is -1.81. The number of carboxylic acid groups (broad SMARTS) is 1. The molecule has 0 aliphatic heterocycles. The van der Waals surface area contributed by atoms with Crippen LogP contribution in [0.1, 0.15) is 12.8 Å². The van der Waals surface area contributed by atoms with E-state index in [0.29, 0.717) is 10.9 Å². The molecular weight excluding hydrogens is 276 g/mol. The zero-order valence-corrected chi connectivity index (χ0v) is 11.7. The van der Waals surface area contributed by atoms with Crippen molar-refractivity contribution in [2.24, 2.45) is 5.92 Å². The number of carboxylic acids is 1. The molecule has 1 aliphatic rings. The van der Waals surface area contributed by atoms with Crippen molar-refractivity contribution in [3.05, 3.63) is 35.5 Å². The van der Waals surface area contributed by atoms with Gasteiger partial charge in [-0.1, -0.05) is 11.6 Å². The van der Waals surface area contributed by atoms with Gasteiger partial charge in [0.2, 0.25) is 0 Å². The van der Waals surface area contributed by atoms with Crippen LogP contribution in [0.3, 0.4) is 0 Å². The number of rotatable bonds is 5. The number of hydrogen-bond donors (Lipinski definition) is 1. The first-order valence-corrected chi connectivity index (χ1v) is 7.02. The molecule has 3 rings (SSSR count). The maximum absolute atomic E-state index is 11.1. The van der Waals surface area contributed by atoms with Crippen molar-refractivity contribution in [2.45, 2.75) is 12.8 Å². The van der Waals surface area contributed by atoms with Crippen LogP contribution < -0.4 is 4.90 Å². The molecule has 1 aromatic carbocycles. The molecule has 0 bridgehead atoms. The fourth-order valence-corrected chi connectivity index (χ4v) is 2.57. The van der Waals surface area contributed by atoms with E-state index in [1.807, 2.05) is 23.1 Å². The molecule has 20 heavy (non-hydrogen) atoms. The Kier molecular flexibility index (Phi) is 3.49. The highest BCUT2D eigenvalue weighted by atomic mass is 35.5. The molecule has 4 nitrogen and oxygen atoms in total. The molecule has 0 radical (unpaired) electrons. The van der Waals surface area contributed by atoms with Crippen molar-refractivity contribution in [2.75, 3.05) is 18.0 Å². The van der Waals surface area contributed by atoms with E-state index in [-0.39, 0.29) is 6.54 Å². The van der Waals surface area contributed by atoms with Gasteiger partial charge in [0, 0.05) is 28.8 Å². The van der Waals surface area contributed by atoms with Crippen LogP contribution in [-0.4, -0.2) is 29.1 Å². The summed E-state index contributed by atoms with van der Waals surface area (Å²) in [5.74, 6) is -0.200. The van der Waals surface area contributed by atoms with E-state index >= 15 is 0 Å². The second-order valence-corrected chi connectivity index (χ2v) is 5.65. The van der Waals surface area contributed by atoms with Gasteiger partial charge in [0.1, 0.15) is 6.54 Å². The lowest BCUT2D eigenvalue weighted by Gasteiger charge is -2.24. The van der Waals surface area contributed by atoms with Crippen molar-refractivity contribution in [1.82, 2.24) is 4.98 Å². The number of hydrogen-bond acceptors (Lipinski definition) is 3. The molecule has 1 aliphatic carbocycles. The third kappa shape index (κ3) is 2.85. The summed E-state index contributed by atoms with van der Waals surface area (Å²) >= 11 is 5.98. The normalized spacial score (nSPS) is 14.4. The lowest BCUT2D eigenvalue weighted by Crippen LogP contribution is -2.31. The van der Waals surface area contributed by atoms with Crippen LogP contribution in [0.4, 0.5) is 5.69 Å². The van der Waals surface area contributed by atoms with Gasteiger partial charge in [0.25, 0.3) is 0 Å². The van der Waals surface area contributed by atoms with Crippen molar-refractivity contribution >= 4 is 34.2 Å². The van der Waals surface area contributed by atoms with Gasteiger partial charge in [-0.25, -0.2) is 0 Å². The zero-order valence-electron chi connectivity index (χ0n) is 10.9. The summed E-state index contributed by atoms with van der Waals surface area (Å²) < 4.78 is 0. The Balaban J connectivity index is 2.02. The second kappa shape index (κ2) is 5.29. The van der Waals surface area contributed by atoms with Crippen molar-refractivity contribution < 1.29 is 9.90 Å². The lowest BCUT2D eigenvalue weighted by molar-refractivity contribution is -0.135. The maximum atomic E-state index is 11.1. The maximum Gasteiger partial charge on any atom is 0.323 e. The van der Waals surface area contributed by atoms with Crippen LogP contribution in [-0.2, 0) is 4.79 Å². The summed E-state index contributed by atoms with van der Waals surface area (Å²) in [5.41, 5.74) is 1.71. The SMILES string of the molecule is O=C(O)CN(CC1CC1)c1ccnc2cc(Cl)ccc12. The Morgan fingerprint density at radius 1 is 1.40 bits per heavy atom. The Morgan fingerprint density at radius 3 is 2.90 bits per heavy atom. The largest absolute Gasteiger partial charge is 0.480 e. The molecule has 5 heteroatoms. The van der Waals surface area contributed by atoms with E-state index in [4.69, 9.17) is 16.7 Å². The number of aromatic nitrogens is 1. The highest BCUT2D eigenvalue weighted by Gasteiger charge is 2.26. The summed E-state index contributed by atoms with van der Waals surface area (Å²) in [6.07, 6.45) is 4.08. The first-order valence-electron chi connectivity index (χ1n) is 6.64. The van der Waals surface area contributed by atoms with Crippen molar-refractivity contribution in [3.8, 4) is 0 Å². The molecule has 0 amide bonds. The van der Waals surface area contributed by atoms with Gasteiger partial charge < -0.3 is 10.0 Å². The van der Waals surface area contributed by atoms with E-state index in [1.54, 1.807) is 12.3 Å². The van der Waals surface area contributed by atoms with E-state index in [0.717, 1.165) is 23.1 Å². The van der Waals surface area contributed by atoms with Gasteiger partial charge in [-0.05, 0) is 43.0 Å². The molecule has 1 saturated carbocycles. The van der Waals surface area contributed by atoms with Crippen LogP contribution in [0.25, 0.3) is 10.9 Å². The number of benzene rings is 1. The second-order valence-electron chi connectivity index (χ2n) is 5.21. The minimum atomic E-state index is -0.815. The number of aliphatic carboxylic acids is 1. The number of carbonyl (C=O) groups is 1. The topological polar surface area (TPSA) is 53.4 Å². The number of anilines is 1. The van der Waals surface area contributed by atoms with Crippen molar-refractivity contribution in [1.29, 1.82) is 0 Å². The minimum absolute atomic E-state index is 0.0121. The quantitative estimate of drug-likeness (QED) is 0.919. The molecule has 104 valence electrons. The predicted octanol–water partition coefficient (Wildman–Crippen LogP) is 3.19. The summed E-state index contributed by atoms with van der Waals surface area (Å²) in [6.45, 7) is 0.798. The average Bonchev–Trinajstić information content (AvgIpc) is 3.20. The van der Waals surface area contributed by atoms with Gasteiger partial charge in [0.15, 0.2) is 0 Å². The molecular formula is C15H15ClN2O2. The fraction of sp³-hybridized carbons (Fsp3) is 0.333. The number of fused-ring (bicyclic) bond motifs is 1. The number of nitrogens with zero attached hydrogens (tertiary/aromatic N) is 2. The third-order valence-electron chi connectivity index (χ3n) is 3.52. The minimum Gasteiger partial charge on any atom is -0.480 e. The predicted molar refractivity (Wildman–Crippen MR) is 79.3 cm³/mol. The molecule has 1 N–H and O–H groups in total. The fourth-order valence-electron chi connectivity index (χ4n) is 2.41. The molecule has 0 unspecified atom stereocenters.